The summed E-state index contributed by atoms with van der Waals surface area (Å²) in [5.41, 5.74) is 5.98. The Morgan fingerprint density at radius 2 is 2.14 bits per heavy atom. The average molecular weight is 403 g/mol. The summed E-state index contributed by atoms with van der Waals surface area (Å²) in [7, 11) is 0. The second-order valence-electron chi connectivity index (χ2n) is 6.69. The zero-order valence-electron chi connectivity index (χ0n) is 15.9. The summed E-state index contributed by atoms with van der Waals surface area (Å²) in [5, 5.41) is 7.12. The Morgan fingerprint density at radius 3 is 2.86 bits per heavy atom. The molecule has 0 spiro atoms. The van der Waals surface area contributed by atoms with Crippen molar-refractivity contribution in [2.24, 2.45) is 5.10 Å². The van der Waals surface area contributed by atoms with Crippen LogP contribution >= 0.6 is 11.6 Å². The molecular weight excluding hydrogens is 380 g/mol. The highest BCUT2D eigenvalue weighted by atomic mass is 35.5. The molecule has 2 N–H and O–H groups in total. The minimum Gasteiger partial charge on any atom is -0.376 e. The molecule has 2 aromatic rings. The van der Waals surface area contributed by atoms with Crippen molar-refractivity contribution in [3.63, 3.8) is 0 Å². The quantitative estimate of drug-likeness (QED) is 0.457. The van der Waals surface area contributed by atoms with Gasteiger partial charge in [-0.1, -0.05) is 17.7 Å². The maximum absolute atomic E-state index is 11.9. The highest BCUT2D eigenvalue weighted by Gasteiger charge is 2.19. The molecule has 1 aromatic heterocycles. The minimum absolute atomic E-state index is 0.0165. The van der Waals surface area contributed by atoms with Crippen molar-refractivity contribution >= 4 is 29.6 Å². The minimum atomic E-state index is -0.808. The van der Waals surface area contributed by atoms with E-state index >= 15 is 0 Å². The predicted octanol–water partition coefficient (Wildman–Crippen LogP) is 2.49. The number of nitrogens with zero attached hydrogens (tertiary/aromatic N) is 2. The molecule has 1 fully saturated rings. The lowest BCUT2D eigenvalue weighted by Crippen LogP contribution is -2.41. The Morgan fingerprint density at radius 1 is 1.32 bits per heavy atom. The van der Waals surface area contributed by atoms with Crippen molar-refractivity contribution in [1.82, 2.24) is 15.3 Å². The topological polar surface area (TPSA) is 84.7 Å². The predicted molar refractivity (Wildman–Crippen MR) is 108 cm³/mol. The molecule has 8 heteroatoms. The van der Waals surface area contributed by atoms with Gasteiger partial charge in [0.05, 0.1) is 12.3 Å². The van der Waals surface area contributed by atoms with Gasteiger partial charge in [-0.3, -0.25) is 9.59 Å². The number of hydrogen-bond acceptors (Lipinski definition) is 4. The fraction of sp³-hybridized carbons (Fsp3) is 0.350. The average Bonchev–Trinajstić information content (AvgIpc) is 3.27. The van der Waals surface area contributed by atoms with E-state index in [1.54, 1.807) is 0 Å². The molecule has 148 valence electrons. The van der Waals surface area contributed by atoms with Gasteiger partial charge < -0.3 is 14.6 Å². The van der Waals surface area contributed by atoms with Crippen molar-refractivity contribution in [2.75, 3.05) is 13.2 Å². The van der Waals surface area contributed by atoms with Crippen molar-refractivity contribution < 1.29 is 14.3 Å². The number of hydrazone groups is 1. The second-order valence-corrected chi connectivity index (χ2v) is 7.12. The number of aromatic nitrogens is 1. The van der Waals surface area contributed by atoms with Crippen LogP contribution in [0.15, 0.2) is 35.4 Å². The molecule has 0 bridgehead atoms. The van der Waals surface area contributed by atoms with E-state index in [9.17, 15) is 9.59 Å². The molecular formula is C20H23ClN4O3. The molecule has 0 radical (unpaired) electrons. The fourth-order valence-electron chi connectivity index (χ4n) is 3.23. The zero-order valence-corrected chi connectivity index (χ0v) is 16.6. The van der Waals surface area contributed by atoms with Gasteiger partial charge in [0.15, 0.2) is 0 Å². The van der Waals surface area contributed by atoms with Gasteiger partial charge in [-0.25, -0.2) is 5.43 Å². The van der Waals surface area contributed by atoms with Crippen molar-refractivity contribution in [1.29, 1.82) is 0 Å². The molecule has 1 aromatic carbocycles. The molecule has 2 heterocycles. The standard InChI is InChI=1S/C20H23ClN4O3/c1-13-9-15(14(2)25(13)17-6-3-5-16(21)10-17)11-23-24-20(27)19(26)22-12-18-7-4-8-28-18/h3,5-6,9-11,18H,4,7-8,12H2,1-2H3,(H,22,26)(H,24,27)/b23-11-/t18-/m1/s1. The van der Waals surface area contributed by atoms with Crippen LogP contribution in [0.3, 0.4) is 0 Å². The summed E-state index contributed by atoms with van der Waals surface area (Å²) < 4.78 is 7.45. The van der Waals surface area contributed by atoms with E-state index in [-0.39, 0.29) is 6.10 Å². The normalized spacial score (nSPS) is 16.5. The van der Waals surface area contributed by atoms with Crippen LogP contribution in [-0.4, -0.2) is 41.9 Å². The first-order valence-electron chi connectivity index (χ1n) is 9.13. The van der Waals surface area contributed by atoms with E-state index in [0.29, 0.717) is 18.2 Å². The molecule has 3 rings (SSSR count). The second kappa shape index (κ2) is 9.03. The van der Waals surface area contributed by atoms with Crippen LogP contribution in [0.5, 0.6) is 0 Å². The summed E-state index contributed by atoms with van der Waals surface area (Å²) in [6.45, 7) is 4.95. The lowest BCUT2D eigenvalue weighted by atomic mass is 10.2. The number of aryl methyl sites for hydroxylation is 1. The molecule has 7 nitrogen and oxygen atoms in total. The third-order valence-corrected chi connectivity index (χ3v) is 4.86. The fourth-order valence-corrected chi connectivity index (χ4v) is 3.42. The number of rotatable bonds is 5. The number of halogens is 1. The van der Waals surface area contributed by atoms with Crippen molar-refractivity contribution in [3.05, 3.63) is 52.3 Å². The van der Waals surface area contributed by atoms with Crippen LogP contribution in [0.2, 0.25) is 5.02 Å². The van der Waals surface area contributed by atoms with Gasteiger partial charge in [-0.2, -0.15) is 5.10 Å². The first kappa shape index (κ1) is 20.1. The number of amides is 2. The third-order valence-electron chi connectivity index (χ3n) is 4.63. The van der Waals surface area contributed by atoms with E-state index in [2.05, 4.69) is 15.8 Å². The van der Waals surface area contributed by atoms with E-state index in [1.165, 1.54) is 6.21 Å². The Balaban J connectivity index is 1.60. The van der Waals surface area contributed by atoms with Crippen LogP contribution < -0.4 is 10.7 Å². The van der Waals surface area contributed by atoms with E-state index in [1.807, 2.05) is 48.7 Å². The van der Waals surface area contributed by atoms with Gasteiger partial charge in [-0.05, 0) is 51.0 Å². The van der Waals surface area contributed by atoms with Gasteiger partial charge in [0.25, 0.3) is 0 Å². The molecule has 2 amide bonds. The summed E-state index contributed by atoms with van der Waals surface area (Å²) in [6.07, 6.45) is 3.37. The number of ether oxygens (including phenoxy) is 1. The van der Waals surface area contributed by atoms with Crippen LogP contribution in [0.1, 0.15) is 29.8 Å². The first-order chi connectivity index (χ1) is 13.5. The Kier molecular flexibility index (Phi) is 6.49. The van der Waals surface area contributed by atoms with Gasteiger partial charge in [0, 0.05) is 40.8 Å². The van der Waals surface area contributed by atoms with Gasteiger partial charge in [0.1, 0.15) is 0 Å². The van der Waals surface area contributed by atoms with Crippen LogP contribution in [0.4, 0.5) is 0 Å². The smallest absolute Gasteiger partial charge is 0.329 e. The molecule has 0 aliphatic carbocycles. The Labute approximate surface area is 168 Å². The van der Waals surface area contributed by atoms with Crippen molar-refractivity contribution in [3.8, 4) is 5.69 Å². The molecule has 0 saturated carbocycles. The summed E-state index contributed by atoms with van der Waals surface area (Å²) in [4.78, 5) is 23.7. The first-order valence-corrected chi connectivity index (χ1v) is 9.51. The Hall–Kier alpha value is -2.64. The van der Waals surface area contributed by atoms with Gasteiger partial charge in [-0.15, -0.1) is 0 Å². The third kappa shape index (κ3) is 4.79. The molecule has 28 heavy (non-hydrogen) atoms. The van der Waals surface area contributed by atoms with Gasteiger partial charge >= 0.3 is 11.8 Å². The van der Waals surface area contributed by atoms with Crippen LogP contribution in [0.25, 0.3) is 5.69 Å². The lowest BCUT2D eigenvalue weighted by molar-refractivity contribution is -0.139. The number of hydrogen-bond donors (Lipinski definition) is 2. The Bertz CT molecular complexity index is 901. The number of nitrogens with one attached hydrogen (secondary N) is 2. The zero-order chi connectivity index (χ0) is 20.1. The molecule has 1 aliphatic rings. The maximum Gasteiger partial charge on any atom is 0.329 e. The van der Waals surface area contributed by atoms with E-state index in [4.69, 9.17) is 16.3 Å². The van der Waals surface area contributed by atoms with E-state index < -0.39 is 11.8 Å². The highest BCUT2D eigenvalue weighted by molar-refractivity contribution is 6.35. The van der Waals surface area contributed by atoms with Gasteiger partial charge in [0.2, 0.25) is 0 Å². The summed E-state index contributed by atoms with van der Waals surface area (Å²) in [6, 6.07) is 9.50. The number of carbonyl (C=O) groups is 2. The SMILES string of the molecule is Cc1cc(/C=N\NC(=O)C(=O)NC[C@H]2CCCO2)c(C)n1-c1cccc(Cl)c1. The number of benzene rings is 1. The lowest BCUT2D eigenvalue weighted by Gasteiger charge is -2.10. The van der Waals surface area contributed by atoms with Crippen LogP contribution in [0, 0.1) is 13.8 Å². The van der Waals surface area contributed by atoms with Crippen LogP contribution in [-0.2, 0) is 14.3 Å². The summed E-state index contributed by atoms with van der Waals surface area (Å²) >= 11 is 6.09. The highest BCUT2D eigenvalue weighted by Crippen LogP contribution is 2.22. The monoisotopic (exact) mass is 402 g/mol. The molecule has 1 aliphatic heterocycles. The summed E-state index contributed by atoms with van der Waals surface area (Å²) in [5.74, 6) is -1.53. The maximum atomic E-state index is 11.9. The van der Waals surface area contributed by atoms with E-state index in [0.717, 1.165) is 35.5 Å². The molecule has 0 unspecified atom stereocenters. The number of carbonyl (C=O) groups excluding carboxylic acids is 2. The van der Waals surface area contributed by atoms with Crippen molar-refractivity contribution in [2.45, 2.75) is 32.8 Å². The molecule has 1 atom stereocenters. The molecule has 1 saturated heterocycles. The largest absolute Gasteiger partial charge is 0.376 e.